The Morgan fingerprint density at radius 3 is 2.26 bits per heavy atom. The molecule has 3 nitrogen and oxygen atoms in total. The smallest absolute Gasteiger partial charge is 0.143 e. The summed E-state index contributed by atoms with van der Waals surface area (Å²) in [5.74, 6) is 0.211. The second kappa shape index (κ2) is 6.14. The van der Waals surface area contributed by atoms with E-state index in [1.165, 1.54) is 5.56 Å². The van der Waals surface area contributed by atoms with Crippen LogP contribution in [0.3, 0.4) is 0 Å². The first-order valence-corrected chi connectivity index (χ1v) is 10.5. The summed E-state index contributed by atoms with van der Waals surface area (Å²) >= 11 is 0. The maximum absolute atomic E-state index is 10.9. The number of furan rings is 2. The first-order valence-electron chi connectivity index (χ1n) is 10.5. The zero-order valence-corrected chi connectivity index (χ0v) is 17.7. The molecule has 0 spiro atoms. The molecule has 0 aliphatic rings. The van der Waals surface area contributed by atoms with Crippen LogP contribution in [0.4, 0.5) is 0 Å². The van der Waals surface area contributed by atoms with Crippen molar-refractivity contribution >= 4 is 43.9 Å². The van der Waals surface area contributed by atoms with Gasteiger partial charge in [0.15, 0.2) is 0 Å². The molecule has 31 heavy (non-hydrogen) atoms. The van der Waals surface area contributed by atoms with E-state index in [9.17, 15) is 5.11 Å². The highest BCUT2D eigenvalue weighted by Gasteiger charge is 2.21. The Hall–Kier alpha value is -3.72. The molecule has 0 amide bonds. The van der Waals surface area contributed by atoms with Gasteiger partial charge in [-0.05, 0) is 41.3 Å². The number of benzene rings is 4. The molecule has 4 aromatic carbocycles. The van der Waals surface area contributed by atoms with Crippen molar-refractivity contribution in [1.29, 1.82) is 0 Å². The van der Waals surface area contributed by atoms with Gasteiger partial charge < -0.3 is 13.9 Å². The van der Waals surface area contributed by atoms with Crippen molar-refractivity contribution in [1.82, 2.24) is 0 Å². The van der Waals surface area contributed by atoms with Crippen LogP contribution in [-0.2, 0) is 5.41 Å². The number of hydrogen-bond donors (Lipinski definition) is 1. The summed E-state index contributed by atoms with van der Waals surface area (Å²) < 4.78 is 12.4. The van der Waals surface area contributed by atoms with E-state index in [-0.39, 0.29) is 11.2 Å². The standard InChI is InChI=1S/C28H22O3/c1-28(2,3)16-11-13-23-20(15-16)17-8-6-9-19(27(17)31-23)25-21(29)12-14-24-26(25)18-7-4-5-10-22(18)30-24/h4-15,29H,1-3H3. The molecule has 1 N–H and O–H groups in total. The average Bonchev–Trinajstić information content (AvgIpc) is 3.31. The molecular weight excluding hydrogens is 384 g/mol. The quantitative estimate of drug-likeness (QED) is 0.300. The summed E-state index contributed by atoms with van der Waals surface area (Å²) in [5.41, 5.74) is 6.08. The van der Waals surface area contributed by atoms with E-state index in [0.717, 1.165) is 55.0 Å². The summed E-state index contributed by atoms with van der Waals surface area (Å²) in [5, 5.41) is 15.0. The Morgan fingerprint density at radius 2 is 1.42 bits per heavy atom. The fraction of sp³-hybridized carbons (Fsp3) is 0.143. The number of hydrogen-bond acceptors (Lipinski definition) is 3. The fourth-order valence-electron chi connectivity index (χ4n) is 4.54. The molecule has 0 fully saturated rings. The third-order valence-corrected chi connectivity index (χ3v) is 6.15. The molecule has 0 unspecified atom stereocenters. The van der Waals surface area contributed by atoms with Crippen LogP contribution in [0.25, 0.3) is 55.0 Å². The maximum atomic E-state index is 10.9. The molecule has 0 radical (unpaired) electrons. The van der Waals surface area contributed by atoms with Crippen LogP contribution in [0.1, 0.15) is 26.3 Å². The van der Waals surface area contributed by atoms with E-state index in [0.29, 0.717) is 0 Å². The zero-order chi connectivity index (χ0) is 21.3. The summed E-state index contributed by atoms with van der Waals surface area (Å²) in [6.45, 7) is 6.64. The molecule has 0 aliphatic carbocycles. The Labute approximate surface area is 179 Å². The number of rotatable bonds is 1. The number of fused-ring (bicyclic) bond motifs is 6. The van der Waals surface area contributed by atoms with Crippen molar-refractivity contribution in [3.05, 3.63) is 78.4 Å². The van der Waals surface area contributed by atoms with Gasteiger partial charge in [-0.3, -0.25) is 0 Å². The Morgan fingerprint density at radius 1 is 0.677 bits per heavy atom. The molecular formula is C28H22O3. The average molecular weight is 406 g/mol. The lowest BCUT2D eigenvalue weighted by Crippen LogP contribution is -2.10. The van der Waals surface area contributed by atoms with Gasteiger partial charge in [0, 0.05) is 32.7 Å². The fourth-order valence-corrected chi connectivity index (χ4v) is 4.54. The predicted molar refractivity (Wildman–Crippen MR) is 127 cm³/mol. The summed E-state index contributed by atoms with van der Waals surface area (Å²) in [4.78, 5) is 0. The zero-order valence-electron chi connectivity index (χ0n) is 17.7. The number of phenols is 1. The molecule has 0 aliphatic heterocycles. The lowest BCUT2D eigenvalue weighted by molar-refractivity contribution is 0.477. The van der Waals surface area contributed by atoms with Gasteiger partial charge in [0.25, 0.3) is 0 Å². The summed E-state index contributed by atoms with van der Waals surface area (Å²) in [6.07, 6.45) is 0. The monoisotopic (exact) mass is 406 g/mol. The lowest BCUT2D eigenvalue weighted by Gasteiger charge is -2.18. The van der Waals surface area contributed by atoms with Gasteiger partial charge in [-0.25, -0.2) is 0 Å². The first kappa shape index (κ1) is 18.1. The molecule has 0 saturated carbocycles. The van der Waals surface area contributed by atoms with Gasteiger partial charge in [-0.2, -0.15) is 0 Å². The highest BCUT2D eigenvalue weighted by molar-refractivity contribution is 6.18. The Bertz CT molecular complexity index is 1620. The molecule has 0 atom stereocenters. The van der Waals surface area contributed by atoms with Crippen LogP contribution >= 0.6 is 0 Å². The second-order valence-electron chi connectivity index (χ2n) is 9.18. The van der Waals surface area contributed by atoms with Crippen molar-refractivity contribution in [3.63, 3.8) is 0 Å². The topological polar surface area (TPSA) is 46.5 Å². The van der Waals surface area contributed by atoms with E-state index < -0.39 is 0 Å². The highest BCUT2D eigenvalue weighted by atomic mass is 16.3. The van der Waals surface area contributed by atoms with Crippen molar-refractivity contribution < 1.29 is 13.9 Å². The van der Waals surface area contributed by atoms with Gasteiger partial charge in [-0.15, -0.1) is 0 Å². The molecule has 2 heterocycles. The van der Waals surface area contributed by atoms with Crippen LogP contribution in [0.15, 0.2) is 81.6 Å². The van der Waals surface area contributed by atoms with Crippen molar-refractivity contribution in [2.75, 3.05) is 0 Å². The summed E-state index contributed by atoms with van der Waals surface area (Å²) in [7, 11) is 0. The van der Waals surface area contributed by atoms with Crippen LogP contribution < -0.4 is 0 Å². The molecule has 152 valence electrons. The van der Waals surface area contributed by atoms with Crippen molar-refractivity contribution in [2.24, 2.45) is 0 Å². The van der Waals surface area contributed by atoms with Crippen LogP contribution in [0, 0.1) is 0 Å². The largest absolute Gasteiger partial charge is 0.507 e. The van der Waals surface area contributed by atoms with Crippen LogP contribution in [-0.4, -0.2) is 5.11 Å². The van der Waals surface area contributed by atoms with Gasteiger partial charge in [0.1, 0.15) is 28.1 Å². The Kier molecular flexibility index (Phi) is 3.58. The van der Waals surface area contributed by atoms with Crippen LogP contribution in [0.5, 0.6) is 5.75 Å². The van der Waals surface area contributed by atoms with Gasteiger partial charge in [0.2, 0.25) is 0 Å². The van der Waals surface area contributed by atoms with E-state index in [1.807, 2.05) is 48.5 Å². The SMILES string of the molecule is CC(C)(C)c1ccc2oc3c(-c4c(O)ccc5oc6ccccc6c45)cccc3c2c1. The molecule has 2 aromatic heterocycles. The highest BCUT2D eigenvalue weighted by Crippen LogP contribution is 2.45. The third-order valence-electron chi connectivity index (χ3n) is 6.15. The second-order valence-corrected chi connectivity index (χ2v) is 9.18. The van der Waals surface area contributed by atoms with Crippen molar-refractivity contribution in [3.8, 4) is 16.9 Å². The summed E-state index contributed by atoms with van der Waals surface area (Å²) in [6, 6.07) is 24.0. The van der Waals surface area contributed by atoms with Gasteiger partial charge >= 0.3 is 0 Å². The molecule has 3 heteroatoms. The number of para-hydroxylation sites is 2. The minimum atomic E-state index is 0.0506. The van der Waals surface area contributed by atoms with E-state index in [2.05, 4.69) is 39.0 Å². The van der Waals surface area contributed by atoms with Gasteiger partial charge in [-0.1, -0.05) is 63.2 Å². The Balaban J connectivity index is 1.73. The third kappa shape index (κ3) is 2.59. The predicted octanol–water partition coefficient (Wildman–Crippen LogP) is 8.16. The molecule has 0 bridgehead atoms. The van der Waals surface area contributed by atoms with E-state index >= 15 is 0 Å². The molecule has 0 saturated heterocycles. The van der Waals surface area contributed by atoms with Gasteiger partial charge in [0.05, 0.1) is 0 Å². The van der Waals surface area contributed by atoms with E-state index in [1.54, 1.807) is 6.07 Å². The number of aromatic hydroxyl groups is 1. The maximum Gasteiger partial charge on any atom is 0.143 e. The minimum Gasteiger partial charge on any atom is -0.507 e. The number of phenolic OH excluding ortho intramolecular Hbond substituents is 1. The minimum absolute atomic E-state index is 0.0506. The molecule has 6 rings (SSSR count). The van der Waals surface area contributed by atoms with Crippen LogP contribution in [0.2, 0.25) is 0 Å². The lowest BCUT2D eigenvalue weighted by atomic mass is 9.86. The van der Waals surface area contributed by atoms with E-state index in [4.69, 9.17) is 8.83 Å². The molecule has 6 aromatic rings. The van der Waals surface area contributed by atoms with Crippen molar-refractivity contribution in [2.45, 2.75) is 26.2 Å². The first-order chi connectivity index (χ1) is 14.9. The normalized spacial score (nSPS) is 12.5.